The summed E-state index contributed by atoms with van der Waals surface area (Å²) in [6.07, 6.45) is 3.38. The molecule has 1 aromatic rings. The van der Waals surface area contributed by atoms with Crippen molar-refractivity contribution in [3.05, 3.63) is 20.8 Å². The van der Waals surface area contributed by atoms with Crippen LogP contribution in [0.25, 0.3) is 0 Å². The van der Waals surface area contributed by atoms with Crippen LogP contribution < -0.4 is 5.32 Å². The van der Waals surface area contributed by atoms with E-state index in [0.29, 0.717) is 6.04 Å². The highest BCUT2D eigenvalue weighted by molar-refractivity contribution is 9.11. The zero-order valence-corrected chi connectivity index (χ0v) is 10.8. The van der Waals surface area contributed by atoms with E-state index in [0.717, 1.165) is 19.4 Å². The second-order valence-electron chi connectivity index (χ2n) is 3.91. The lowest BCUT2D eigenvalue weighted by Crippen LogP contribution is -2.31. The Bertz CT molecular complexity index is 369. The Morgan fingerprint density at radius 3 is 3.13 bits per heavy atom. The first-order valence-corrected chi connectivity index (χ1v) is 6.83. The van der Waals surface area contributed by atoms with Gasteiger partial charge in [0.15, 0.2) is 0 Å². The standard InChI is InChI=1S/C11H13BrN2S/c12-11-4-8(7-15-11)6-14-10-3-1-2-9(10)5-13/h4,7,9-10,14H,1-3,6H2. The van der Waals surface area contributed by atoms with E-state index in [-0.39, 0.29) is 5.92 Å². The fourth-order valence-electron chi connectivity index (χ4n) is 2.05. The number of nitrogens with zero attached hydrogens (tertiary/aromatic N) is 1. The fourth-order valence-corrected chi connectivity index (χ4v) is 3.26. The molecule has 2 atom stereocenters. The van der Waals surface area contributed by atoms with Crippen molar-refractivity contribution in [3.63, 3.8) is 0 Å². The molecule has 2 rings (SSSR count). The van der Waals surface area contributed by atoms with Gasteiger partial charge in [-0.15, -0.1) is 11.3 Å². The highest BCUT2D eigenvalue weighted by Crippen LogP contribution is 2.26. The van der Waals surface area contributed by atoms with Gasteiger partial charge >= 0.3 is 0 Å². The van der Waals surface area contributed by atoms with Crippen LogP contribution in [0.3, 0.4) is 0 Å². The quantitative estimate of drug-likeness (QED) is 0.925. The Kier molecular flexibility index (Phi) is 3.79. The molecule has 0 amide bonds. The predicted molar refractivity (Wildman–Crippen MR) is 65.6 cm³/mol. The normalized spacial score (nSPS) is 25.3. The van der Waals surface area contributed by atoms with E-state index in [9.17, 15) is 0 Å². The van der Waals surface area contributed by atoms with Crippen LogP contribution >= 0.6 is 27.3 Å². The van der Waals surface area contributed by atoms with Gasteiger partial charge in [-0.3, -0.25) is 0 Å². The van der Waals surface area contributed by atoms with Crippen molar-refractivity contribution >= 4 is 27.3 Å². The minimum atomic E-state index is 0.215. The molecule has 1 aromatic heterocycles. The van der Waals surface area contributed by atoms with Crippen molar-refractivity contribution < 1.29 is 0 Å². The van der Waals surface area contributed by atoms with Crippen LogP contribution in [0, 0.1) is 17.2 Å². The van der Waals surface area contributed by atoms with Crippen molar-refractivity contribution in [1.29, 1.82) is 5.26 Å². The maximum atomic E-state index is 8.94. The predicted octanol–water partition coefficient (Wildman–Crippen LogP) is 3.29. The first-order chi connectivity index (χ1) is 7.29. The number of hydrogen-bond acceptors (Lipinski definition) is 3. The second kappa shape index (κ2) is 5.11. The summed E-state index contributed by atoms with van der Waals surface area (Å²) in [4.78, 5) is 0. The molecule has 0 bridgehead atoms. The largest absolute Gasteiger partial charge is 0.309 e. The molecule has 0 saturated heterocycles. The number of hydrogen-bond donors (Lipinski definition) is 1. The van der Waals surface area contributed by atoms with Gasteiger partial charge in [0.1, 0.15) is 0 Å². The van der Waals surface area contributed by atoms with Gasteiger partial charge in [-0.05, 0) is 45.8 Å². The maximum Gasteiger partial charge on any atom is 0.0701 e. The number of thiophene rings is 1. The summed E-state index contributed by atoms with van der Waals surface area (Å²) < 4.78 is 1.17. The van der Waals surface area contributed by atoms with Crippen LogP contribution in [0.5, 0.6) is 0 Å². The van der Waals surface area contributed by atoms with Gasteiger partial charge in [-0.1, -0.05) is 6.42 Å². The van der Waals surface area contributed by atoms with Gasteiger partial charge in [0.25, 0.3) is 0 Å². The third kappa shape index (κ3) is 2.81. The minimum Gasteiger partial charge on any atom is -0.309 e. The third-order valence-electron chi connectivity index (χ3n) is 2.87. The van der Waals surface area contributed by atoms with Gasteiger partial charge in [-0.25, -0.2) is 0 Å². The van der Waals surface area contributed by atoms with Crippen LogP contribution in [-0.2, 0) is 6.54 Å². The van der Waals surface area contributed by atoms with Gasteiger partial charge in [0.05, 0.1) is 15.8 Å². The Morgan fingerprint density at radius 1 is 1.60 bits per heavy atom. The van der Waals surface area contributed by atoms with Crippen LogP contribution in [0.15, 0.2) is 15.2 Å². The molecule has 1 aliphatic carbocycles. The molecule has 1 N–H and O–H groups in total. The first-order valence-electron chi connectivity index (χ1n) is 5.15. The molecule has 1 saturated carbocycles. The molecule has 15 heavy (non-hydrogen) atoms. The summed E-state index contributed by atoms with van der Waals surface area (Å²) in [5.41, 5.74) is 1.30. The summed E-state index contributed by atoms with van der Waals surface area (Å²) in [6, 6.07) is 4.92. The van der Waals surface area contributed by atoms with E-state index in [4.69, 9.17) is 5.26 Å². The minimum absolute atomic E-state index is 0.215. The monoisotopic (exact) mass is 284 g/mol. The SMILES string of the molecule is N#CC1CCCC1NCc1csc(Br)c1. The summed E-state index contributed by atoms with van der Waals surface area (Å²) in [7, 11) is 0. The third-order valence-corrected chi connectivity index (χ3v) is 4.43. The van der Waals surface area contributed by atoms with Crippen molar-refractivity contribution in [2.24, 2.45) is 5.92 Å². The van der Waals surface area contributed by atoms with Gasteiger partial charge in [0.2, 0.25) is 0 Å². The lowest BCUT2D eigenvalue weighted by atomic mass is 10.1. The van der Waals surface area contributed by atoms with Crippen LogP contribution in [0.2, 0.25) is 0 Å². The average molecular weight is 285 g/mol. The Balaban J connectivity index is 1.85. The van der Waals surface area contributed by atoms with Crippen LogP contribution in [0.4, 0.5) is 0 Å². The second-order valence-corrected chi connectivity index (χ2v) is 6.20. The van der Waals surface area contributed by atoms with Crippen molar-refractivity contribution in [2.75, 3.05) is 0 Å². The van der Waals surface area contributed by atoms with Crippen molar-refractivity contribution in [2.45, 2.75) is 31.8 Å². The van der Waals surface area contributed by atoms with E-state index in [2.05, 4.69) is 38.8 Å². The Hall–Kier alpha value is -0.370. The molecule has 1 heterocycles. The Morgan fingerprint density at radius 2 is 2.47 bits per heavy atom. The molecule has 4 heteroatoms. The number of nitrogens with one attached hydrogen (secondary N) is 1. The molecule has 2 unspecified atom stereocenters. The highest BCUT2D eigenvalue weighted by Gasteiger charge is 2.26. The first kappa shape index (κ1) is 11.1. The molecular formula is C11H13BrN2S. The van der Waals surface area contributed by atoms with Gasteiger partial charge in [0, 0.05) is 12.6 Å². The fraction of sp³-hybridized carbons (Fsp3) is 0.545. The van der Waals surface area contributed by atoms with E-state index < -0.39 is 0 Å². The molecule has 2 nitrogen and oxygen atoms in total. The molecule has 0 spiro atoms. The molecule has 1 aliphatic rings. The van der Waals surface area contributed by atoms with E-state index in [1.165, 1.54) is 15.8 Å². The van der Waals surface area contributed by atoms with Crippen molar-refractivity contribution in [1.82, 2.24) is 5.32 Å². The van der Waals surface area contributed by atoms with E-state index >= 15 is 0 Å². The number of halogens is 1. The van der Waals surface area contributed by atoms with Crippen LogP contribution in [0.1, 0.15) is 24.8 Å². The topological polar surface area (TPSA) is 35.8 Å². The molecule has 0 radical (unpaired) electrons. The molecule has 1 fully saturated rings. The number of rotatable bonds is 3. The zero-order valence-electron chi connectivity index (χ0n) is 8.37. The highest BCUT2D eigenvalue weighted by atomic mass is 79.9. The summed E-state index contributed by atoms with van der Waals surface area (Å²) in [5.74, 6) is 0.215. The molecule has 80 valence electrons. The molecule has 0 aromatic carbocycles. The lowest BCUT2D eigenvalue weighted by molar-refractivity contribution is 0.465. The maximum absolute atomic E-state index is 8.94. The molecular weight excluding hydrogens is 272 g/mol. The summed E-state index contributed by atoms with van der Waals surface area (Å²) in [5, 5.41) is 14.6. The Labute approximate surface area is 102 Å². The van der Waals surface area contributed by atoms with E-state index in [1.54, 1.807) is 11.3 Å². The van der Waals surface area contributed by atoms with Gasteiger partial charge < -0.3 is 5.32 Å². The summed E-state index contributed by atoms with van der Waals surface area (Å²) >= 11 is 5.15. The summed E-state index contributed by atoms with van der Waals surface area (Å²) in [6.45, 7) is 0.880. The van der Waals surface area contributed by atoms with E-state index in [1.807, 2.05) is 0 Å². The lowest BCUT2D eigenvalue weighted by Gasteiger charge is -2.14. The number of nitriles is 1. The zero-order chi connectivity index (χ0) is 10.7. The van der Waals surface area contributed by atoms with Crippen molar-refractivity contribution in [3.8, 4) is 6.07 Å². The average Bonchev–Trinajstić information content (AvgIpc) is 2.83. The van der Waals surface area contributed by atoms with Crippen LogP contribution in [-0.4, -0.2) is 6.04 Å². The molecule has 0 aliphatic heterocycles. The van der Waals surface area contributed by atoms with Gasteiger partial charge in [-0.2, -0.15) is 5.26 Å². The smallest absolute Gasteiger partial charge is 0.0701 e.